The van der Waals surface area contributed by atoms with E-state index in [1.54, 1.807) is 51.5 Å². The zero-order valence-electron chi connectivity index (χ0n) is 16.6. The fourth-order valence-corrected chi connectivity index (χ4v) is 3.20. The number of hydrogen-bond acceptors (Lipinski definition) is 6. The standard InChI is InChI=1S/C21H25NO6/c1-24-16-9-17(25-2)11-18(10-16)28-13-21(23)22-6-5-14-7-19(26-3)20(27-4)8-15(14)12-22/h7-11H,5-6,12-13H2,1-4H3. The molecular weight excluding hydrogens is 362 g/mol. The third-order valence-corrected chi connectivity index (χ3v) is 4.76. The molecule has 2 aromatic rings. The highest BCUT2D eigenvalue weighted by atomic mass is 16.5. The van der Waals surface area contributed by atoms with Crippen LogP contribution in [0.1, 0.15) is 11.1 Å². The maximum Gasteiger partial charge on any atom is 0.260 e. The van der Waals surface area contributed by atoms with Gasteiger partial charge in [0.25, 0.3) is 5.91 Å². The van der Waals surface area contributed by atoms with Gasteiger partial charge in [-0.05, 0) is 29.7 Å². The SMILES string of the molecule is COc1cc(OC)cc(OCC(=O)N2CCc3cc(OC)c(OC)cc3C2)c1. The first-order valence-corrected chi connectivity index (χ1v) is 8.95. The zero-order chi connectivity index (χ0) is 20.1. The van der Waals surface area contributed by atoms with Crippen LogP contribution in [0.25, 0.3) is 0 Å². The molecule has 0 spiro atoms. The summed E-state index contributed by atoms with van der Waals surface area (Å²) in [6.07, 6.45) is 0.758. The highest BCUT2D eigenvalue weighted by Crippen LogP contribution is 2.33. The molecule has 0 saturated carbocycles. The van der Waals surface area contributed by atoms with Crippen LogP contribution in [-0.2, 0) is 17.8 Å². The van der Waals surface area contributed by atoms with Crippen molar-refractivity contribution in [2.24, 2.45) is 0 Å². The van der Waals surface area contributed by atoms with Gasteiger partial charge in [-0.25, -0.2) is 0 Å². The van der Waals surface area contributed by atoms with E-state index in [1.807, 2.05) is 12.1 Å². The largest absolute Gasteiger partial charge is 0.496 e. The van der Waals surface area contributed by atoms with Crippen molar-refractivity contribution in [2.75, 3.05) is 41.6 Å². The van der Waals surface area contributed by atoms with Crippen molar-refractivity contribution in [1.82, 2.24) is 4.90 Å². The summed E-state index contributed by atoms with van der Waals surface area (Å²) in [4.78, 5) is 14.4. The number of hydrogen-bond donors (Lipinski definition) is 0. The van der Waals surface area contributed by atoms with Gasteiger partial charge >= 0.3 is 0 Å². The lowest BCUT2D eigenvalue weighted by Crippen LogP contribution is -2.38. The van der Waals surface area contributed by atoms with Gasteiger partial charge in [0.15, 0.2) is 18.1 Å². The number of benzene rings is 2. The van der Waals surface area contributed by atoms with Gasteiger partial charge in [0.2, 0.25) is 0 Å². The van der Waals surface area contributed by atoms with Crippen LogP contribution in [0, 0.1) is 0 Å². The van der Waals surface area contributed by atoms with E-state index in [4.69, 9.17) is 23.7 Å². The van der Waals surface area contributed by atoms with Crippen LogP contribution in [-0.4, -0.2) is 52.4 Å². The monoisotopic (exact) mass is 387 g/mol. The lowest BCUT2D eigenvalue weighted by atomic mass is 9.99. The molecular formula is C21H25NO6. The van der Waals surface area contributed by atoms with Crippen LogP contribution in [0.5, 0.6) is 28.7 Å². The molecule has 1 aliphatic rings. The first-order chi connectivity index (χ1) is 13.6. The van der Waals surface area contributed by atoms with E-state index in [2.05, 4.69) is 0 Å². The molecule has 150 valence electrons. The molecule has 7 nitrogen and oxygen atoms in total. The molecule has 1 heterocycles. The van der Waals surface area contributed by atoms with Crippen molar-refractivity contribution >= 4 is 5.91 Å². The summed E-state index contributed by atoms with van der Waals surface area (Å²) in [5.74, 6) is 3.02. The van der Waals surface area contributed by atoms with Gasteiger partial charge in [0.1, 0.15) is 17.2 Å². The molecule has 0 atom stereocenters. The van der Waals surface area contributed by atoms with E-state index in [1.165, 1.54) is 5.56 Å². The lowest BCUT2D eigenvalue weighted by Gasteiger charge is -2.29. The van der Waals surface area contributed by atoms with E-state index >= 15 is 0 Å². The van der Waals surface area contributed by atoms with Crippen LogP contribution in [0.4, 0.5) is 0 Å². The van der Waals surface area contributed by atoms with E-state index in [-0.39, 0.29) is 12.5 Å². The summed E-state index contributed by atoms with van der Waals surface area (Å²) in [6, 6.07) is 9.10. The Morgan fingerprint density at radius 2 is 1.39 bits per heavy atom. The molecule has 2 aromatic carbocycles. The molecule has 3 rings (SSSR count). The van der Waals surface area contributed by atoms with Crippen LogP contribution in [0.15, 0.2) is 30.3 Å². The molecule has 0 saturated heterocycles. The number of methoxy groups -OCH3 is 4. The normalized spacial score (nSPS) is 12.8. The molecule has 0 aliphatic carbocycles. The topological polar surface area (TPSA) is 66.5 Å². The minimum absolute atomic E-state index is 0.0566. The maximum atomic E-state index is 12.7. The zero-order valence-corrected chi connectivity index (χ0v) is 16.6. The number of nitrogens with zero attached hydrogens (tertiary/aromatic N) is 1. The predicted octanol–water partition coefficient (Wildman–Crippen LogP) is 2.68. The highest BCUT2D eigenvalue weighted by Gasteiger charge is 2.23. The van der Waals surface area contributed by atoms with Gasteiger partial charge in [-0.15, -0.1) is 0 Å². The van der Waals surface area contributed by atoms with Gasteiger partial charge < -0.3 is 28.6 Å². The van der Waals surface area contributed by atoms with Crippen LogP contribution < -0.4 is 23.7 Å². The van der Waals surface area contributed by atoms with E-state index < -0.39 is 0 Å². The van der Waals surface area contributed by atoms with E-state index in [0.29, 0.717) is 41.8 Å². The molecule has 0 unspecified atom stereocenters. The van der Waals surface area contributed by atoms with Crippen molar-refractivity contribution in [3.63, 3.8) is 0 Å². The van der Waals surface area contributed by atoms with E-state index in [0.717, 1.165) is 12.0 Å². The minimum Gasteiger partial charge on any atom is -0.496 e. The van der Waals surface area contributed by atoms with Crippen LogP contribution in [0.2, 0.25) is 0 Å². The van der Waals surface area contributed by atoms with Gasteiger partial charge in [-0.3, -0.25) is 4.79 Å². The van der Waals surface area contributed by atoms with Crippen molar-refractivity contribution in [1.29, 1.82) is 0 Å². The average Bonchev–Trinajstić information content (AvgIpc) is 2.75. The van der Waals surface area contributed by atoms with Gasteiger partial charge in [0, 0.05) is 31.3 Å². The third-order valence-electron chi connectivity index (χ3n) is 4.76. The Kier molecular flexibility index (Phi) is 6.13. The second-order valence-corrected chi connectivity index (χ2v) is 6.38. The Balaban J connectivity index is 1.67. The van der Waals surface area contributed by atoms with Crippen molar-refractivity contribution in [3.05, 3.63) is 41.5 Å². The molecule has 0 N–H and O–H groups in total. The number of amides is 1. The molecule has 28 heavy (non-hydrogen) atoms. The Morgan fingerprint density at radius 3 is 1.96 bits per heavy atom. The Bertz CT molecular complexity index is 829. The Morgan fingerprint density at radius 1 is 0.821 bits per heavy atom. The predicted molar refractivity (Wildman–Crippen MR) is 104 cm³/mol. The summed E-state index contributed by atoms with van der Waals surface area (Å²) in [6.45, 7) is 1.09. The quantitative estimate of drug-likeness (QED) is 0.728. The summed E-state index contributed by atoms with van der Waals surface area (Å²) in [5, 5.41) is 0. The van der Waals surface area contributed by atoms with Gasteiger partial charge in [-0.2, -0.15) is 0 Å². The Labute approximate surface area is 164 Å². The smallest absolute Gasteiger partial charge is 0.260 e. The number of ether oxygens (including phenoxy) is 5. The fraction of sp³-hybridized carbons (Fsp3) is 0.381. The molecule has 0 bridgehead atoms. The average molecular weight is 387 g/mol. The second-order valence-electron chi connectivity index (χ2n) is 6.38. The Hall–Kier alpha value is -3.09. The van der Waals surface area contributed by atoms with Crippen LogP contribution in [0.3, 0.4) is 0 Å². The summed E-state index contributed by atoms with van der Waals surface area (Å²) in [5.41, 5.74) is 2.22. The fourth-order valence-electron chi connectivity index (χ4n) is 3.20. The number of carbonyl (C=O) groups is 1. The lowest BCUT2D eigenvalue weighted by molar-refractivity contribution is -0.134. The summed E-state index contributed by atoms with van der Waals surface area (Å²) >= 11 is 0. The maximum absolute atomic E-state index is 12.7. The van der Waals surface area contributed by atoms with Crippen molar-refractivity contribution in [2.45, 2.75) is 13.0 Å². The first kappa shape index (κ1) is 19.7. The molecule has 7 heteroatoms. The molecule has 0 radical (unpaired) electrons. The summed E-state index contributed by atoms with van der Waals surface area (Å²) in [7, 11) is 6.36. The molecule has 0 aromatic heterocycles. The third kappa shape index (κ3) is 4.24. The molecule has 1 amide bonds. The minimum atomic E-state index is -0.0813. The second kappa shape index (κ2) is 8.73. The van der Waals surface area contributed by atoms with Crippen molar-refractivity contribution in [3.8, 4) is 28.7 Å². The van der Waals surface area contributed by atoms with Crippen molar-refractivity contribution < 1.29 is 28.5 Å². The highest BCUT2D eigenvalue weighted by molar-refractivity contribution is 5.78. The van der Waals surface area contributed by atoms with Crippen LogP contribution >= 0.6 is 0 Å². The first-order valence-electron chi connectivity index (χ1n) is 8.95. The summed E-state index contributed by atoms with van der Waals surface area (Å²) < 4.78 is 26.9. The van der Waals surface area contributed by atoms with E-state index in [9.17, 15) is 4.79 Å². The van der Waals surface area contributed by atoms with Gasteiger partial charge in [-0.1, -0.05) is 0 Å². The molecule has 0 fully saturated rings. The number of rotatable bonds is 7. The molecule has 1 aliphatic heterocycles. The number of carbonyl (C=O) groups excluding carboxylic acids is 1. The van der Waals surface area contributed by atoms with Gasteiger partial charge in [0.05, 0.1) is 28.4 Å². The number of fused-ring (bicyclic) bond motifs is 1.